The van der Waals surface area contributed by atoms with Gasteiger partial charge in [0, 0.05) is 12.5 Å². The summed E-state index contributed by atoms with van der Waals surface area (Å²) in [7, 11) is 1.72. The predicted octanol–water partition coefficient (Wildman–Crippen LogP) is 7.24. The van der Waals surface area contributed by atoms with Crippen LogP contribution in [0.4, 0.5) is 13.6 Å². The van der Waals surface area contributed by atoms with Gasteiger partial charge < -0.3 is 19.3 Å². The Morgan fingerprint density at radius 3 is 1.69 bits per heavy atom. The van der Waals surface area contributed by atoms with Crippen molar-refractivity contribution in [1.82, 2.24) is 10.6 Å². The third kappa shape index (κ3) is 9.09. The highest BCUT2D eigenvalue weighted by Crippen LogP contribution is 2.35. The van der Waals surface area contributed by atoms with Gasteiger partial charge in [-0.05, 0) is 101 Å². The third-order valence-corrected chi connectivity index (χ3v) is 7.93. The maximum atomic E-state index is 14.3. The molecule has 11 heteroatoms. The van der Waals surface area contributed by atoms with Crippen LogP contribution in [0.1, 0.15) is 69.4 Å². The maximum absolute atomic E-state index is 14.3. The summed E-state index contributed by atoms with van der Waals surface area (Å²) in [6.45, 7) is 10.5. The van der Waals surface area contributed by atoms with Gasteiger partial charge in [-0.15, -0.1) is 0 Å². The van der Waals surface area contributed by atoms with Crippen molar-refractivity contribution in [3.63, 3.8) is 0 Å². The molecular formula is C40H44F2N2O7. The number of carboxylic acid groups (broad SMARTS) is 1. The van der Waals surface area contributed by atoms with Gasteiger partial charge in [-0.2, -0.15) is 0 Å². The molecule has 2 unspecified atom stereocenters. The van der Waals surface area contributed by atoms with Gasteiger partial charge in [-0.1, -0.05) is 66.7 Å². The Kier molecular flexibility index (Phi) is 11.6. The molecule has 2 atom stereocenters. The lowest BCUT2D eigenvalue weighted by Crippen LogP contribution is -2.54. The standard InChI is InChI=1S/C40H44F2N2O7/c1-37(2,3)50-35(47)40(43-7,27-11-9-8-10-12-27)29-15-13-26(14-16-29)21-22-49-33-19-17-28(18-20-33)39(34(45)46,44-36(48)51-38(4,5)6)30-23-31(41)25-32(42)24-30/h8-20,23-25,43H,21-22H2,1-7H3,(H,44,48)(H,45,46). The van der Waals surface area contributed by atoms with E-state index in [-0.39, 0.29) is 17.7 Å². The number of hydrogen-bond donors (Lipinski definition) is 3. The molecule has 0 aliphatic carbocycles. The molecule has 51 heavy (non-hydrogen) atoms. The molecule has 270 valence electrons. The quantitative estimate of drug-likeness (QED) is 0.132. The molecule has 3 N–H and O–H groups in total. The fraction of sp³-hybridized carbons (Fsp3) is 0.325. The number of hydrogen-bond acceptors (Lipinski definition) is 7. The average molecular weight is 703 g/mol. The normalized spacial score (nSPS) is 14.1. The number of aliphatic carboxylic acids is 1. The summed E-state index contributed by atoms with van der Waals surface area (Å²) >= 11 is 0. The zero-order valence-electron chi connectivity index (χ0n) is 29.8. The monoisotopic (exact) mass is 702 g/mol. The van der Waals surface area contributed by atoms with Crippen molar-refractivity contribution in [2.24, 2.45) is 0 Å². The fourth-order valence-electron chi connectivity index (χ4n) is 5.68. The van der Waals surface area contributed by atoms with Crippen LogP contribution in [0.25, 0.3) is 0 Å². The van der Waals surface area contributed by atoms with Crippen LogP contribution in [0.2, 0.25) is 0 Å². The van der Waals surface area contributed by atoms with Crippen LogP contribution in [-0.4, -0.2) is 48.0 Å². The van der Waals surface area contributed by atoms with E-state index in [2.05, 4.69) is 10.6 Å². The van der Waals surface area contributed by atoms with Gasteiger partial charge in [-0.25, -0.2) is 23.2 Å². The molecule has 1 amide bonds. The number of alkyl carbamates (subject to hydrolysis) is 1. The zero-order chi connectivity index (χ0) is 37.6. The van der Waals surface area contributed by atoms with Crippen molar-refractivity contribution in [2.45, 2.75) is 70.2 Å². The number of carbonyl (C=O) groups excluding carboxylic acids is 2. The lowest BCUT2D eigenvalue weighted by molar-refractivity contribution is -0.161. The number of amides is 1. The van der Waals surface area contributed by atoms with Crippen molar-refractivity contribution < 1.29 is 42.5 Å². The largest absolute Gasteiger partial charge is 0.493 e. The number of carbonyl (C=O) groups is 3. The number of halogens is 2. The highest BCUT2D eigenvalue weighted by Gasteiger charge is 2.46. The number of rotatable bonds is 12. The van der Waals surface area contributed by atoms with E-state index in [0.717, 1.165) is 23.3 Å². The second kappa shape index (κ2) is 15.3. The Morgan fingerprint density at radius 2 is 1.18 bits per heavy atom. The summed E-state index contributed by atoms with van der Waals surface area (Å²) in [5.74, 6) is -3.66. The zero-order valence-corrected chi connectivity index (χ0v) is 29.8. The molecule has 4 aromatic carbocycles. The second-order valence-corrected chi connectivity index (χ2v) is 14.0. The molecule has 9 nitrogen and oxygen atoms in total. The topological polar surface area (TPSA) is 123 Å². The number of nitrogens with one attached hydrogen (secondary N) is 2. The minimum Gasteiger partial charge on any atom is -0.493 e. The maximum Gasteiger partial charge on any atom is 0.409 e. The average Bonchev–Trinajstić information content (AvgIpc) is 3.03. The molecule has 4 rings (SSSR count). The first-order valence-corrected chi connectivity index (χ1v) is 16.4. The predicted molar refractivity (Wildman–Crippen MR) is 188 cm³/mol. The number of esters is 1. The lowest BCUT2D eigenvalue weighted by atomic mass is 9.82. The molecule has 0 saturated heterocycles. The van der Waals surface area contributed by atoms with E-state index in [0.29, 0.717) is 23.8 Å². The Labute approximate surface area is 296 Å². The highest BCUT2D eigenvalue weighted by atomic mass is 19.1. The summed E-state index contributed by atoms with van der Waals surface area (Å²) in [4.78, 5) is 39.4. The minimum atomic E-state index is -2.40. The summed E-state index contributed by atoms with van der Waals surface area (Å²) in [5, 5.41) is 16.0. The summed E-state index contributed by atoms with van der Waals surface area (Å²) in [6.07, 6.45) is -0.600. The SMILES string of the molecule is CNC(C(=O)OC(C)(C)C)(c1ccccc1)c1ccc(CCOc2ccc(C(NC(=O)OC(C)(C)C)(C(=O)O)c3cc(F)cc(F)c3)cc2)cc1. The third-order valence-electron chi connectivity index (χ3n) is 7.93. The molecule has 0 fully saturated rings. The lowest BCUT2D eigenvalue weighted by Gasteiger charge is -2.35. The van der Waals surface area contributed by atoms with Gasteiger partial charge in [0.2, 0.25) is 0 Å². The van der Waals surface area contributed by atoms with Gasteiger partial charge in [0.15, 0.2) is 11.1 Å². The smallest absolute Gasteiger partial charge is 0.409 e. The van der Waals surface area contributed by atoms with Gasteiger partial charge in [-0.3, -0.25) is 10.6 Å². The van der Waals surface area contributed by atoms with Crippen molar-refractivity contribution >= 4 is 18.0 Å². The van der Waals surface area contributed by atoms with Gasteiger partial charge in [0.05, 0.1) is 6.61 Å². The first-order chi connectivity index (χ1) is 23.9. The van der Waals surface area contributed by atoms with Crippen molar-refractivity contribution in [3.05, 3.63) is 137 Å². The van der Waals surface area contributed by atoms with Crippen LogP contribution in [0.3, 0.4) is 0 Å². The summed E-state index contributed by atoms with van der Waals surface area (Å²) in [5.41, 5.74) is -3.30. The number of ether oxygens (including phenoxy) is 3. The number of carboxylic acids is 1. The van der Waals surface area contributed by atoms with E-state index in [1.165, 1.54) is 24.3 Å². The van der Waals surface area contributed by atoms with Crippen LogP contribution in [0.5, 0.6) is 5.75 Å². The minimum absolute atomic E-state index is 0.00483. The van der Waals surface area contributed by atoms with Crippen molar-refractivity contribution in [2.75, 3.05) is 13.7 Å². The molecule has 0 saturated carbocycles. The van der Waals surface area contributed by atoms with E-state index in [9.17, 15) is 28.3 Å². The number of benzene rings is 4. The first-order valence-electron chi connectivity index (χ1n) is 16.4. The Balaban J connectivity index is 1.55. The van der Waals surface area contributed by atoms with E-state index in [1.54, 1.807) is 27.8 Å². The summed E-state index contributed by atoms with van der Waals surface area (Å²) in [6, 6.07) is 25.0. The van der Waals surface area contributed by atoms with Crippen molar-refractivity contribution in [1.29, 1.82) is 0 Å². The molecule has 0 bridgehead atoms. The Bertz CT molecular complexity index is 1820. The fourth-order valence-corrected chi connectivity index (χ4v) is 5.68. The van der Waals surface area contributed by atoms with Gasteiger partial charge in [0.1, 0.15) is 28.6 Å². The van der Waals surface area contributed by atoms with E-state index in [1.807, 2.05) is 75.4 Å². The van der Waals surface area contributed by atoms with Crippen LogP contribution >= 0.6 is 0 Å². The summed E-state index contributed by atoms with van der Waals surface area (Å²) < 4.78 is 45.8. The molecule has 0 heterocycles. The van der Waals surface area contributed by atoms with E-state index in [4.69, 9.17) is 14.2 Å². The van der Waals surface area contributed by atoms with Crippen LogP contribution in [0, 0.1) is 11.6 Å². The van der Waals surface area contributed by atoms with Crippen LogP contribution in [0.15, 0.2) is 97.1 Å². The van der Waals surface area contributed by atoms with Gasteiger partial charge in [0.25, 0.3) is 0 Å². The van der Waals surface area contributed by atoms with E-state index < -0.39 is 51.9 Å². The van der Waals surface area contributed by atoms with E-state index >= 15 is 0 Å². The molecule has 4 aromatic rings. The second-order valence-electron chi connectivity index (χ2n) is 14.0. The first kappa shape index (κ1) is 38.5. The molecule has 0 aromatic heterocycles. The van der Waals surface area contributed by atoms with Crippen LogP contribution in [-0.2, 0) is 36.6 Å². The molecule has 0 aliphatic rings. The Morgan fingerprint density at radius 1 is 0.667 bits per heavy atom. The number of likely N-dealkylation sites (N-methyl/N-ethyl adjacent to an activating group) is 1. The van der Waals surface area contributed by atoms with Gasteiger partial charge >= 0.3 is 18.0 Å². The molecule has 0 aliphatic heterocycles. The van der Waals surface area contributed by atoms with Crippen LogP contribution < -0.4 is 15.4 Å². The Hall–Kier alpha value is -5.29. The van der Waals surface area contributed by atoms with Crippen molar-refractivity contribution in [3.8, 4) is 5.75 Å². The molecule has 0 radical (unpaired) electrons. The molecular weight excluding hydrogens is 658 g/mol. The highest BCUT2D eigenvalue weighted by molar-refractivity contribution is 5.90. The molecule has 0 spiro atoms.